The number of nitriles is 1. The van der Waals surface area contributed by atoms with Crippen LogP contribution in [0.1, 0.15) is 54.4 Å². The van der Waals surface area contributed by atoms with Gasteiger partial charge in [0.1, 0.15) is 22.7 Å². The lowest BCUT2D eigenvalue weighted by Gasteiger charge is -2.31. The van der Waals surface area contributed by atoms with Crippen LogP contribution in [0.15, 0.2) is 70.9 Å². The lowest BCUT2D eigenvalue weighted by molar-refractivity contribution is 0.0809. The summed E-state index contributed by atoms with van der Waals surface area (Å²) in [6.45, 7) is 11.8. The van der Waals surface area contributed by atoms with Crippen molar-refractivity contribution in [1.29, 1.82) is 5.26 Å². The molecule has 0 fully saturated rings. The maximum absolute atomic E-state index is 9.77. The third-order valence-electron chi connectivity index (χ3n) is 4.55. The van der Waals surface area contributed by atoms with Crippen molar-refractivity contribution < 1.29 is 9.47 Å². The molecule has 0 spiro atoms. The van der Waals surface area contributed by atoms with Gasteiger partial charge in [0, 0.05) is 12.8 Å². The van der Waals surface area contributed by atoms with Crippen LogP contribution in [-0.4, -0.2) is 22.8 Å². The minimum atomic E-state index is -0.975. The molecule has 2 unspecified atom stereocenters. The Kier molecular flexibility index (Phi) is 7.61. The molecule has 5 heteroatoms. The van der Waals surface area contributed by atoms with Crippen LogP contribution < -0.4 is 9.47 Å². The highest BCUT2D eigenvalue weighted by atomic mass is 16.5. The standard InChI is InChI=1S/C25H33N3O2/c1-20(17-23(2,3)29-21-13-9-7-10-14-21)27-28-25(6,19-26)18-24(4,5)30-22-15-11-8-12-16-22/h7-16,20H,17-18H2,1-6H3/b28-27+. The summed E-state index contributed by atoms with van der Waals surface area (Å²) in [6, 6.07) is 21.6. The molecule has 2 aromatic rings. The molecule has 30 heavy (non-hydrogen) atoms. The molecule has 0 saturated carbocycles. The fourth-order valence-corrected chi connectivity index (χ4v) is 3.60. The van der Waals surface area contributed by atoms with E-state index in [1.54, 1.807) is 6.92 Å². The monoisotopic (exact) mass is 407 g/mol. The summed E-state index contributed by atoms with van der Waals surface area (Å²) in [4.78, 5) is 0. The van der Waals surface area contributed by atoms with E-state index in [1.807, 2.05) is 95.3 Å². The summed E-state index contributed by atoms with van der Waals surface area (Å²) in [5, 5.41) is 18.6. The van der Waals surface area contributed by atoms with Crippen molar-refractivity contribution in [3.05, 3.63) is 60.7 Å². The molecule has 0 aliphatic carbocycles. The van der Waals surface area contributed by atoms with Gasteiger partial charge in [-0.05, 0) is 65.8 Å². The van der Waals surface area contributed by atoms with Crippen LogP contribution in [0, 0.1) is 11.3 Å². The molecular formula is C25H33N3O2. The number of hydrogen-bond donors (Lipinski definition) is 0. The van der Waals surface area contributed by atoms with Gasteiger partial charge in [-0.15, -0.1) is 0 Å². The Morgan fingerprint density at radius 3 is 1.77 bits per heavy atom. The highest BCUT2D eigenvalue weighted by molar-refractivity contribution is 5.23. The summed E-state index contributed by atoms with van der Waals surface area (Å²) in [7, 11) is 0. The normalized spacial score (nSPS) is 15.2. The van der Waals surface area contributed by atoms with Gasteiger partial charge in [-0.1, -0.05) is 36.4 Å². The minimum Gasteiger partial charge on any atom is -0.488 e. The van der Waals surface area contributed by atoms with Crippen LogP contribution in [0.3, 0.4) is 0 Å². The maximum Gasteiger partial charge on any atom is 0.168 e. The van der Waals surface area contributed by atoms with E-state index in [-0.39, 0.29) is 6.04 Å². The van der Waals surface area contributed by atoms with Crippen molar-refractivity contribution in [3.8, 4) is 17.6 Å². The van der Waals surface area contributed by atoms with Crippen LogP contribution in [0.25, 0.3) is 0 Å². The fourth-order valence-electron chi connectivity index (χ4n) is 3.60. The van der Waals surface area contributed by atoms with Gasteiger partial charge >= 0.3 is 0 Å². The smallest absolute Gasteiger partial charge is 0.168 e. The third kappa shape index (κ3) is 7.87. The molecule has 0 aliphatic rings. The van der Waals surface area contributed by atoms with E-state index in [1.165, 1.54) is 0 Å². The van der Waals surface area contributed by atoms with Gasteiger partial charge in [0.2, 0.25) is 0 Å². The van der Waals surface area contributed by atoms with Crippen molar-refractivity contribution in [1.82, 2.24) is 0 Å². The van der Waals surface area contributed by atoms with Gasteiger partial charge in [-0.2, -0.15) is 15.5 Å². The van der Waals surface area contributed by atoms with E-state index in [4.69, 9.17) is 9.47 Å². The van der Waals surface area contributed by atoms with Gasteiger partial charge < -0.3 is 9.47 Å². The first kappa shape index (κ1) is 23.4. The highest BCUT2D eigenvalue weighted by Crippen LogP contribution is 2.29. The summed E-state index contributed by atoms with van der Waals surface area (Å²) in [6.07, 6.45) is 1.10. The number of nitrogens with zero attached hydrogens (tertiary/aromatic N) is 3. The van der Waals surface area contributed by atoms with Gasteiger partial charge in [-0.3, -0.25) is 0 Å². The third-order valence-corrected chi connectivity index (χ3v) is 4.55. The van der Waals surface area contributed by atoms with E-state index >= 15 is 0 Å². The first-order valence-corrected chi connectivity index (χ1v) is 10.3. The molecule has 2 rings (SSSR count). The lowest BCUT2D eigenvalue weighted by atomic mass is 9.89. The second kappa shape index (κ2) is 9.75. The fraction of sp³-hybridized carbons (Fsp3) is 0.480. The van der Waals surface area contributed by atoms with E-state index in [0.29, 0.717) is 12.8 Å². The molecule has 0 amide bonds. The van der Waals surface area contributed by atoms with E-state index in [9.17, 15) is 5.26 Å². The summed E-state index contributed by atoms with van der Waals surface area (Å²) < 4.78 is 12.2. The predicted octanol–water partition coefficient (Wildman–Crippen LogP) is 6.60. The van der Waals surface area contributed by atoms with Gasteiger partial charge in [0.05, 0.1) is 12.1 Å². The van der Waals surface area contributed by atoms with Crippen LogP contribution in [0.4, 0.5) is 0 Å². The van der Waals surface area contributed by atoms with Crippen molar-refractivity contribution in [2.75, 3.05) is 0 Å². The molecule has 0 bridgehead atoms. The summed E-state index contributed by atoms with van der Waals surface area (Å²) >= 11 is 0. The number of azo groups is 1. The van der Waals surface area contributed by atoms with Crippen LogP contribution in [-0.2, 0) is 0 Å². The van der Waals surface area contributed by atoms with Crippen LogP contribution in [0.5, 0.6) is 11.5 Å². The molecule has 0 N–H and O–H groups in total. The van der Waals surface area contributed by atoms with Crippen molar-refractivity contribution >= 4 is 0 Å². The zero-order valence-electron chi connectivity index (χ0n) is 18.9. The molecule has 0 aromatic heterocycles. The molecule has 2 aromatic carbocycles. The van der Waals surface area contributed by atoms with Crippen LogP contribution >= 0.6 is 0 Å². The van der Waals surface area contributed by atoms with Gasteiger partial charge in [0.15, 0.2) is 5.54 Å². The van der Waals surface area contributed by atoms with Crippen LogP contribution in [0.2, 0.25) is 0 Å². The average molecular weight is 408 g/mol. The second-order valence-corrected chi connectivity index (χ2v) is 9.18. The summed E-state index contributed by atoms with van der Waals surface area (Å²) in [5.74, 6) is 1.60. The Bertz CT molecular complexity index is 857. The maximum atomic E-state index is 9.77. The molecule has 0 saturated heterocycles. The Morgan fingerprint density at radius 1 is 0.833 bits per heavy atom. The molecule has 0 radical (unpaired) electrons. The SMILES string of the molecule is CC(CC(C)(C)Oc1ccccc1)/N=N/C(C)(C#N)CC(C)(C)Oc1ccccc1. The first-order valence-electron chi connectivity index (χ1n) is 10.3. The minimum absolute atomic E-state index is 0.0884. The largest absolute Gasteiger partial charge is 0.488 e. The van der Waals surface area contributed by atoms with Crippen molar-refractivity contribution in [2.45, 2.75) is 77.2 Å². The summed E-state index contributed by atoms with van der Waals surface area (Å²) in [5.41, 5.74) is -1.95. The Morgan fingerprint density at radius 2 is 1.30 bits per heavy atom. The first-order chi connectivity index (χ1) is 14.0. The molecule has 2 atom stereocenters. The van der Waals surface area contributed by atoms with Gasteiger partial charge in [-0.25, -0.2) is 0 Å². The number of hydrogen-bond acceptors (Lipinski definition) is 5. The Balaban J connectivity index is 1.99. The van der Waals surface area contributed by atoms with Crippen molar-refractivity contribution in [2.24, 2.45) is 10.2 Å². The molecule has 0 heterocycles. The number of ether oxygens (including phenoxy) is 2. The molecule has 5 nitrogen and oxygen atoms in total. The topological polar surface area (TPSA) is 67.0 Å². The average Bonchev–Trinajstić information content (AvgIpc) is 2.66. The predicted molar refractivity (Wildman–Crippen MR) is 120 cm³/mol. The van der Waals surface area contributed by atoms with E-state index in [2.05, 4.69) is 16.3 Å². The zero-order valence-corrected chi connectivity index (χ0v) is 18.9. The second-order valence-electron chi connectivity index (χ2n) is 9.18. The molecule has 160 valence electrons. The Hall–Kier alpha value is -2.87. The van der Waals surface area contributed by atoms with Crippen molar-refractivity contribution in [3.63, 3.8) is 0 Å². The van der Waals surface area contributed by atoms with Gasteiger partial charge in [0.25, 0.3) is 0 Å². The molecule has 0 aliphatic heterocycles. The molecular weight excluding hydrogens is 374 g/mol. The van der Waals surface area contributed by atoms with E-state index in [0.717, 1.165) is 11.5 Å². The number of benzene rings is 2. The quantitative estimate of drug-likeness (QED) is 0.416. The zero-order chi connectivity index (χ0) is 22.3. The number of rotatable bonds is 10. The lowest BCUT2D eigenvalue weighted by Crippen LogP contribution is -2.38. The Labute approximate surface area is 180 Å². The van der Waals surface area contributed by atoms with E-state index < -0.39 is 16.7 Å². The highest BCUT2D eigenvalue weighted by Gasteiger charge is 2.35. The number of para-hydroxylation sites is 2.